The molecule has 104 valence electrons. The van der Waals surface area contributed by atoms with Gasteiger partial charge in [-0.25, -0.2) is 4.98 Å². The molecule has 4 nitrogen and oxygen atoms in total. The third-order valence-corrected chi connectivity index (χ3v) is 3.69. The molecule has 2 aromatic rings. The van der Waals surface area contributed by atoms with E-state index in [1.54, 1.807) is 13.3 Å². The Morgan fingerprint density at radius 3 is 3.05 bits per heavy atom. The second kappa shape index (κ2) is 5.41. The van der Waals surface area contributed by atoms with Crippen LogP contribution in [0.3, 0.4) is 0 Å². The predicted octanol–water partition coefficient (Wildman–Crippen LogP) is 2.47. The number of aromatic nitrogens is 1. The number of pyridine rings is 1. The van der Waals surface area contributed by atoms with E-state index in [-0.39, 0.29) is 0 Å². The highest BCUT2D eigenvalue weighted by atomic mass is 16.5. The van der Waals surface area contributed by atoms with Crippen LogP contribution in [-0.2, 0) is 12.8 Å². The fourth-order valence-corrected chi connectivity index (χ4v) is 2.68. The minimum Gasteiger partial charge on any atom is -0.493 e. The van der Waals surface area contributed by atoms with Gasteiger partial charge in [-0.2, -0.15) is 0 Å². The van der Waals surface area contributed by atoms with Crippen LogP contribution in [0, 0.1) is 5.92 Å². The molecule has 0 radical (unpaired) electrons. The molecule has 0 unspecified atom stereocenters. The van der Waals surface area contributed by atoms with E-state index in [1.165, 1.54) is 5.56 Å². The molecule has 2 N–H and O–H groups in total. The van der Waals surface area contributed by atoms with Gasteiger partial charge < -0.3 is 15.2 Å². The molecule has 2 heterocycles. The smallest absolute Gasteiger partial charge is 0.164 e. The largest absolute Gasteiger partial charge is 0.493 e. The van der Waals surface area contributed by atoms with Gasteiger partial charge in [-0.1, -0.05) is 18.2 Å². The van der Waals surface area contributed by atoms with Crippen LogP contribution in [0.25, 0.3) is 0 Å². The summed E-state index contributed by atoms with van der Waals surface area (Å²) in [7, 11) is 1.67. The van der Waals surface area contributed by atoms with Crippen molar-refractivity contribution in [2.75, 3.05) is 19.5 Å². The van der Waals surface area contributed by atoms with Crippen molar-refractivity contribution in [2.24, 2.45) is 5.92 Å². The summed E-state index contributed by atoms with van der Waals surface area (Å²) in [6, 6.07) is 9.98. The van der Waals surface area contributed by atoms with Crippen LogP contribution in [0.1, 0.15) is 11.1 Å². The fraction of sp³-hybridized carbons (Fsp3) is 0.312. The van der Waals surface area contributed by atoms with Crippen LogP contribution < -0.4 is 15.2 Å². The van der Waals surface area contributed by atoms with Gasteiger partial charge in [0.2, 0.25) is 0 Å². The number of anilines is 1. The van der Waals surface area contributed by atoms with Gasteiger partial charge >= 0.3 is 0 Å². The third-order valence-electron chi connectivity index (χ3n) is 3.69. The summed E-state index contributed by atoms with van der Waals surface area (Å²) in [6.45, 7) is 0.682. The van der Waals surface area contributed by atoms with Crippen LogP contribution in [0.5, 0.6) is 11.5 Å². The fourth-order valence-electron chi connectivity index (χ4n) is 2.68. The SMILES string of the molecule is COc1cccc2c1OC[C@H](Cc1cccnc1N)C2. The lowest BCUT2D eigenvalue weighted by molar-refractivity contribution is 0.211. The monoisotopic (exact) mass is 270 g/mol. The van der Waals surface area contributed by atoms with Crippen molar-refractivity contribution >= 4 is 5.82 Å². The summed E-state index contributed by atoms with van der Waals surface area (Å²) in [6.07, 6.45) is 3.58. The molecule has 0 aliphatic carbocycles. The van der Waals surface area contributed by atoms with Gasteiger partial charge in [0.15, 0.2) is 11.5 Å². The van der Waals surface area contributed by atoms with Gasteiger partial charge in [0.05, 0.1) is 13.7 Å². The van der Waals surface area contributed by atoms with Gasteiger partial charge in [-0.3, -0.25) is 0 Å². The van der Waals surface area contributed by atoms with E-state index in [1.807, 2.05) is 24.3 Å². The van der Waals surface area contributed by atoms with E-state index < -0.39 is 0 Å². The minimum absolute atomic E-state index is 0.418. The van der Waals surface area contributed by atoms with Gasteiger partial charge in [-0.05, 0) is 36.1 Å². The number of rotatable bonds is 3. The molecule has 1 aromatic heterocycles. The zero-order valence-electron chi connectivity index (χ0n) is 11.5. The van der Waals surface area contributed by atoms with Crippen LogP contribution in [0.2, 0.25) is 0 Å². The predicted molar refractivity (Wildman–Crippen MR) is 78.0 cm³/mol. The Bertz CT molecular complexity index is 613. The minimum atomic E-state index is 0.418. The summed E-state index contributed by atoms with van der Waals surface area (Å²) >= 11 is 0. The summed E-state index contributed by atoms with van der Waals surface area (Å²) in [4.78, 5) is 4.13. The molecule has 0 saturated heterocycles. The first-order valence-corrected chi connectivity index (χ1v) is 6.76. The number of nitrogen functional groups attached to an aromatic ring is 1. The highest BCUT2D eigenvalue weighted by molar-refractivity contribution is 5.48. The first-order valence-electron chi connectivity index (χ1n) is 6.76. The molecule has 0 amide bonds. The maximum atomic E-state index is 5.91. The highest BCUT2D eigenvalue weighted by Gasteiger charge is 2.23. The van der Waals surface area contributed by atoms with Gasteiger partial charge in [-0.15, -0.1) is 0 Å². The number of fused-ring (bicyclic) bond motifs is 1. The molecule has 0 fully saturated rings. The Labute approximate surface area is 118 Å². The van der Waals surface area contributed by atoms with Crippen LogP contribution >= 0.6 is 0 Å². The Balaban J connectivity index is 1.78. The van der Waals surface area contributed by atoms with Crippen molar-refractivity contribution in [3.63, 3.8) is 0 Å². The topological polar surface area (TPSA) is 57.4 Å². The molecule has 0 saturated carbocycles. The quantitative estimate of drug-likeness (QED) is 0.930. The number of benzene rings is 1. The maximum Gasteiger partial charge on any atom is 0.164 e. The number of nitrogens with two attached hydrogens (primary N) is 1. The van der Waals surface area contributed by atoms with Gasteiger partial charge in [0.25, 0.3) is 0 Å². The number of para-hydroxylation sites is 1. The summed E-state index contributed by atoms with van der Waals surface area (Å²) in [5, 5.41) is 0. The number of ether oxygens (including phenoxy) is 2. The van der Waals surface area contributed by atoms with Crippen molar-refractivity contribution in [1.29, 1.82) is 0 Å². The Kier molecular flexibility index (Phi) is 3.46. The Morgan fingerprint density at radius 2 is 2.25 bits per heavy atom. The summed E-state index contributed by atoms with van der Waals surface area (Å²) in [5.74, 6) is 2.72. The molecular formula is C16H18N2O2. The van der Waals surface area contributed by atoms with Crippen molar-refractivity contribution < 1.29 is 9.47 Å². The lowest BCUT2D eigenvalue weighted by atomic mass is 9.91. The molecule has 1 atom stereocenters. The normalized spacial score (nSPS) is 17.1. The molecule has 20 heavy (non-hydrogen) atoms. The van der Waals surface area contributed by atoms with E-state index in [2.05, 4.69) is 11.1 Å². The molecular weight excluding hydrogens is 252 g/mol. The number of nitrogens with zero attached hydrogens (tertiary/aromatic N) is 1. The average molecular weight is 270 g/mol. The first-order chi connectivity index (χ1) is 9.78. The molecule has 0 spiro atoms. The van der Waals surface area contributed by atoms with E-state index in [0.29, 0.717) is 18.3 Å². The lowest BCUT2D eigenvalue weighted by Crippen LogP contribution is -2.23. The van der Waals surface area contributed by atoms with Gasteiger partial charge in [0.1, 0.15) is 5.82 Å². The zero-order chi connectivity index (χ0) is 13.9. The summed E-state index contributed by atoms with van der Waals surface area (Å²) < 4.78 is 11.2. The lowest BCUT2D eigenvalue weighted by Gasteiger charge is -2.26. The van der Waals surface area contributed by atoms with Crippen molar-refractivity contribution in [3.8, 4) is 11.5 Å². The van der Waals surface area contributed by atoms with E-state index in [4.69, 9.17) is 15.2 Å². The van der Waals surface area contributed by atoms with Crippen molar-refractivity contribution in [3.05, 3.63) is 47.7 Å². The second-order valence-electron chi connectivity index (χ2n) is 5.08. The highest BCUT2D eigenvalue weighted by Crippen LogP contribution is 2.36. The van der Waals surface area contributed by atoms with E-state index >= 15 is 0 Å². The van der Waals surface area contributed by atoms with Crippen molar-refractivity contribution in [1.82, 2.24) is 4.98 Å². The molecule has 1 aliphatic heterocycles. The standard InChI is InChI=1S/C16H18N2O2/c1-19-14-6-2-4-12-8-11(10-20-15(12)14)9-13-5-3-7-18-16(13)17/h2-7,11H,8-10H2,1H3,(H2,17,18)/t11-/m0/s1. The van der Waals surface area contributed by atoms with Crippen LogP contribution in [0.15, 0.2) is 36.5 Å². The van der Waals surface area contributed by atoms with E-state index in [9.17, 15) is 0 Å². The molecule has 4 heteroatoms. The van der Waals surface area contributed by atoms with Gasteiger partial charge in [0, 0.05) is 12.1 Å². The second-order valence-corrected chi connectivity index (χ2v) is 5.08. The number of hydrogen-bond acceptors (Lipinski definition) is 4. The first kappa shape index (κ1) is 12.8. The number of methoxy groups -OCH3 is 1. The third kappa shape index (κ3) is 2.41. The van der Waals surface area contributed by atoms with E-state index in [0.717, 1.165) is 29.9 Å². The summed E-state index contributed by atoms with van der Waals surface area (Å²) in [5.41, 5.74) is 8.19. The Hall–Kier alpha value is -2.23. The van der Waals surface area contributed by atoms with Crippen molar-refractivity contribution in [2.45, 2.75) is 12.8 Å². The Morgan fingerprint density at radius 1 is 1.35 bits per heavy atom. The number of hydrogen-bond donors (Lipinski definition) is 1. The maximum absolute atomic E-state index is 5.91. The molecule has 0 bridgehead atoms. The molecule has 3 rings (SSSR count). The molecule has 1 aromatic carbocycles. The average Bonchev–Trinajstić information content (AvgIpc) is 2.49. The van der Waals surface area contributed by atoms with Crippen LogP contribution in [0.4, 0.5) is 5.82 Å². The molecule has 1 aliphatic rings. The van der Waals surface area contributed by atoms with Crippen LogP contribution in [-0.4, -0.2) is 18.7 Å². The zero-order valence-corrected chi connectivity index (χ0v) is 11.5.